The molecule has 0 radical (unpaired) electrons. The molecule has 0 atom stereocenters. The van der Waals surface area contributed by atoms with Crippen LogP contribution in [0.25, 0.3) is 22.1 Å². The van der Waals surface area contributed by atoms with Crippen LogP contribution in [0.3, 0.4) is 0 Å². The molecular weight excluding hydrogens is 460 g/mol. The van der Waals surface area contributed by atoms with Gasteiger partial charge in [0.05, 0.1) is 27.7 Å². The molecule has 2 heterocycles. The van der Waals surface area contributed by atoms with E-state index in [1.165, 1.54) is 11.3 Å². The lowest BCUT2D eigenvalue weighted by molar-refractivity contribution is 0.211. The summed E-state index contributed by atoms with van der Waals surface area (Å²) >= 11 is 7.46. The van der Waals surface area contributed by atoms with Crippen molar-refractivity contribution in [2.45, 2.75) is 0 Å². The smallest absolute Gasteiger partial charge is 0.274 e. The topological polar surface area (TPSA) is 62.1 Å². The quantitative estimate of drug-likeness (QED) is 0.320. The Labute approximate surface area is 198 Å². The van der Waals surface area contributed by atoms with E-state index in [4.69, 9.17) is 25.8 Å². The van der Waals surface area contributed by atoms with E-state index >= 15 is 0 Å². The zero-order chi connectivity index (χ0) is 22.8. The number of rotatable bonds is 7. The number of methoxy groups -OCH3 is 1. The van der Waals surface area contributed by atoms with E-state index in [2.05, 4.69) is 4.98 Å². The predicted molar refractivity (Wildman–Crippen MR) is 131 cm³/mol. The molecule has 3 aromatic carbocycles. The van der Waals surface area contributed by atoms with E-state index in [9.17, 15) is 4.79 Å². The van der Waals surface area contributed by atoms with Crippen LogP contribution < -0.4 is 24.3 Å². The number of benzene rings is 3. The van der Waals surface area contributed by atoms with Gasteiger partial charge in [-0.05, 0) is 48.0 Å². The molecule has 2 aromatic heterocycles. The van der Waals surface area contributed by atoms with Crippen molar-refractivity contribution in [1.82, 2.24) is 9.38 Å². The molecule has 5 aromatic rings. The molecule has 5 rings (SSSR count). The lowest BCUT2D eigenvalue weighted by atomic mass is 10.2. The first-order chi connectivity index (χ1) is 16.1. The third-order valence-corrected chi connectivity index (χ3v) is 6.35. The molecule has 0 saturated heterocycles. The third kappa shape index (κ3) is 4.25. The number of hydrogen-bond acceptors (Lipinski definition) is 6. The number of fused-ring (bicyclic) bond motifs is 3. The fourth-order valence-corrected chi connectivity index (χ4v) is 4.70. The van der Waals surface area contributed by atoms with Crippen molar-refractivity contribution in [2.75, 3.05) is 20.3 Å². The molecule has 166 valence electrons. The molecule has 0 unspecified atom stereocenters. The minimum absolute atomic E-state index is 0.0836. The molecule has 0 aliphatic carbocycles. The number of para-hydroxylation sites is 3. The monoisotopic (exact) mass is 478 g/mol. The van der Waals surface area contributed by atoms with Crippen LogP contribution in [-0.4, -0.2) is 29.7 Å². The summed E-state index contributed by atoms with van der Waals surface area (Å²) in [6.07, 6.45) is 1.84. The summed E-state index contributed by atoms with van der Waals surface area (Å²) in [6, 6.07) is 20.5. The largest absolute Gasteiger partial charge is 0.493 e. The fraction of sp³-hybridized carbons (Fsp3) is 0.120. The molecule has 0 N–H and O–H groups in total. The van der Waals surface area contributed by atoms with E-state index in [0.29, 0.717) is 45.0 Å². The molecule has 0 aliphatic rings. The SMILES string of the molecule is COc1cc(/C=c2\sc3nc4ccccc4n3c2=O)ccc1OCCOc1ccccc1Cl. The van der Waals surface area contributed by atoms with Crippen LogP contribution >= 0.6 is 22.9 Å². The van der Waals surface area contributed by atoms with Gasteiger partial charge in [-0.1, -0.05) is 53.3 Å². The van der Waals surface area contributed by atoms with Crippen LogP contribution in [0.15, 0.2) is 71.5 Å². The van der Waals surface area contributed by atoms with Crippen LogP contribution in [0.2, 0.25) is 5.02 Å². The number of aromatic nitrogens is 2. The normalized spacial score (nSPS) is 11.9. The zero-order valence-electron chi connectivity index (χ0n) is 17.7. The summed E-state index contributed by atoms with van der Waals surface area (Å²) in [5.74, 6) is 1.77. The van der Waals surface area contributed by atoms with Crippen molar-refractivity contribution in [3.63, 3.8) is 0 Å². The van der Waals surface area contributed by atoms with Gasteiger partial charge in [0.25, 0.3) is 5.56 Å². The Kier molecular flexibility index (Phi) is 5.90. The van der Waals surface area contributed by atoms with Crippen molar-refractivity contribution >= 4 is 45.0 Å². The molecule has 6 nitrogen and oxygen atoms in total. The summed E-state index contributed by atoms with van der Waals surface area (Å²) in [7, 11) is 1.58. The van der Waals surface area contributed by atoms with E-state index in [1.54, 1.807) is 17.6 Å². The molecular formula is C25H19ClN2O4S. The minimum atomic E-state index is -0.0836. The number of halogens is 1. The van der Waals surface area contributed by atoms with Gasteiger partial charge < -0.3 is 14.2 Å². The molecule has 33 heavy (non-hydrogen) atoms. The van der Waals surface area contributed by atoms with Gasteiger partial charge in [0.2, 0.25) is 0 Å². The van der Waals surface area contributed by atoms with Gasteiger partial charge in [0.1, 0.15) is 19.0 Å². The second-order valence-electron chi connectivity index (χ2n) is 7.17. The molecule has 0 fully saturated rings. The molecule has 0 spiro atoms. The van der Waals surface area contributed by atoms with Crippen molar-refractivity contribution in [1.29, 1.82) is 0 Å². The van der Waals surface area contributed by atoms with Gasteiger partial charge in [-0.3, -0.25) is 4.79 Å². The van der Waals surface area contributed by atoms with Crippen LogP contribution in [0, 0.1) is 0 Å². The van der Waals surface area contributed by atoms with Gasteiger partial charge >= 0.3 is 0 Å². The fourth-order valence-electron chi connectivity index (χ4n) is 3.52. The zero-order valence-corrected chi connectivity index (χ0v) is 19.2. The Morgan fingerprint density at radius 3 is 2.55 bits per heavy atom. The van der Waals surface area contributed by atoms with E-state index < -0.39 is 0 Å². The highest BCUT2D eigenvalue weighted by Gasteiger charge is 2.11. The molecule has 0 saturated carbocycles. The third-order valence-electron chi connectivity index (χ3n) is 5.07. The maximum atomic E-state index is 13.0. The maximum absolute atomic E-state index is 13.0. The Bertz CT molecular complexity index is 1560. The highest BCUT2D eigenvalue weighted by molar-refractivity contribution is 7.15. The number of thiazole rings is 1. The Morgan fingerprint density at radius 1 is 0.970 bits per heavy atom. The highest BCUT2D eigenvalue weighted by atomic mass is 35.5. The summed E-state index contributed by atoms with van der Waals surface area (Å²) in [5, 5.41) is 0.557. The van der Waals surface area contributed by atoms with Crippen LogP contribution in [-0.2, 0) is 0 Å². The molecule has 0 bridgehead atoms. The first-order valence-corrected chi connectivity index (χ1v) is 11.4. The van der Waals surface area contributed by atoms with Gasteiger partial charge in [-0.2, -0.15) is 0 Å². The maximum Gasteiger partial charge on any atom is 0.274 e. The summed E-state index contributed by atoms with van der Waals surface area (Å²) in [4.78, 5) is 18.2. The lowest BCUT2D eigenvalue weighted by Gasteiger charge is -2.12. The Morgan fingerprint density at radius 2 is 1.73 bits per heavy atom. The van der Waals surface area contributed by atoms with Gasteiger partial charge in [-0.15, -0.1) is 0 Å². The van der Waals surface area contributed by atoms with E-state index in [0.717, 1.165) is 16.6 Å². The van der Waals surface area contributed by atoms with E-state index in [-0.39, 0.29) is 5.56 Å². The van der Waals surface area contributed by atoms with E-state index in [1.807, 2.05) is 66.7 Å². The van der Waals surface area contributed by atoms with Gasteiger partial charge in [0.15, 0.2) is 16.5 Å². The van der Waals surface area contributed by atoms with Crippen molar-refractivity contribution in [2.24, 2.45) is 0 Å². The second-order valence-corrected chi connectivity index (χ2v) is 8.59. The number of hydrogen-bond donors (Lipinski definition) is 0. The lowest BCUT2D eigenvalue weighted by Crippen LogP contribution is -2.22. The summed E-state index contributed by atoms with van der Waals surface area (Å²) in [5.41, 5.74) is 2.37. The Balaban J connectivity index is 1.35. The molecule has 0 amide bonds. The summed E-state index contributed by atoms with van der Waals surface area (Å²) in [6.45, 7) is 0.661. The minimum Gasteiger partial charge on any atom is -0.493 e. The van der Waals surface area contributed by atoms with Gasteiger partial charge in [0, 0.05) is 0 Å². The molecule has 8 heteroatoms. The number of imidazole rings is 1. The molecule has 0 aliphatic heterocycles. The first kappa shape index (κ1) is 21.3. The van der Waals surface area contributed by atoms with Crippen molar-refractivity contribution in [3.05, 3.63) is 92.2 Å². The predicted octanol–water partition coefficient (Wildman–Crippen LogP) is 4.58. The highest BCUT2D eigenvalue weighted by Crippen LogP contribution is 2.29. The van der Waals surface area contributed by atoms with Gasteiger partial charge in [-0.25, -0.2) is 9.38 Å². The van der Waals surface area contributed by atoms with Crippen LogP contribution in [0.4, 0.5) is 0 Å². The number of ether oxygens (including phenoxy) is 3. The van der Waals surface area contributed by atoms with Crippen molar-refractivity contribution in [3.8, 4) is 17.2 Å². The second kappa shape index (κ2) is 9.13. The Hall–Kier alpha value is -3.55. The average molecular weight is 479 g/mol. The van der Waals surface area contributed by atoms with Crippen molar-refractivity contribution < 1.29 is 14.2 Å². The number of nitrogens with zero attached hydrogens (tertiary/aromatic N) is 2. The standard InChI is InChI=1S/C25H19ClN2O4S/c1-30-22-14-16(10-11-21(22)32-13-12-31-20-9-5-2-6-17(20)26)15-23-24(29)28-19-8-4-3-7-18(19)27-25(28)33-23/h2-11,14-15H,12-13H2,1H3/b23-15-. The first-order valence-electron chi connectivity index (χ1n) is 10.2. The van der Waals surface area contributed by atoms with Crippen LogP contribution in [0.1, 0.15) is 5.56 Å². The summed E-state index contributed by atoms with van der Waals surface area (Å²) < 4.78 is 19.2. The van der Waals surface area contributed by atoms with Crippen LogP contribution in [0.5, 0.6) is 17.2 Å². The average Bonchev–Trinajstić information content (AvgIpc) is 3.34.